The van der Waals surface area contributed by atoms with E-state index < -0.39 is 21.0 Å². The van der Waals surface area contributed by atoms with Gasteiger partial charge in [0.15, 0.2) is 0 Å². The summed E-state index contributed by atoms with van der Waals surface area (Å²) in [5, 5.41) is 10.9. The van der Waals surface area contributed by atoms with E-state index in [1.165, 1.54) is 12.1 Å². The Kier molecular flexibility index (Phi) is 5.18. The molecule has 2 aromatic carbocycles. The number of nitro benzene ring substituents is 1. The molecule has 2 aromatic rings. The lowest BCUT2D eigenvalue weighted by Crippen LogP contribution is -2.27. The van der Waals surface area contributed by atoms with Crippen molar-refractivity contribution in [3.63, 3.8) is 0 Å². The minimum atomic E-state index is -3.87. The number of hydrogen-bond donors (Lipinski definition) is 1. The molecule has 0 heterocycles. The summed E-state index contributed by atoms with van der Waals surface area (Å²) in [6.07, 6.45) is 0. The van der Waals surface area contributed by atoms with E-state index in [1.54, 1.807) is 26.0 Å². The molecule has 122 valence electrons. The summed E-state index contributed by atoms with van der Waals surface area (Å²) in [6.45, 7) is 3.32. The van der Waals surface area contributed by atoms with E-state index in [2.05, 4.69) is 20.7 Å². The van der Waals surface area contributed by atoms with Crippen LogP contribution in [0.5, 0.6) is 0 Å². The molecule has 0 aliphatic rings. The molecule has 0 fully saturated rings. The summed E-state index contributed by atoms with van der Waals surface area (Å²) >= 11 is 3.32. The maximum Gasteiger partial charge on any atom is 0.270 e. The van der Waals surface area contributed by atoms with Crippen molar-refractivity contribution in [3.8, 4) is 0 Å². The Morgan fingerprint density at radius 3 is 2.35 bits per heavy atom. The fraction of sp³-hybridized carbons (Fsp3) is 0.200. The van der Waals surface area contributed by atoms with Crippen molar-refractivity contribution in [1.82, 2.24) is 4.72 Å². The van der Waals surface area contributed by atoms with E-state index in [4.69, 9.17) is 0 Å². The molecule has 1 N–H and O–H groups in total. The molecule has 0 spiro atoms. The van der Waals surface area contributed by atoms with E-state index in [1.807, 2.05) is 12.1 Å². The lowest BCUT2D eigenvalue weighted by atomic mass is 10.1. The summed E-state index contributed by atoms with van der Waals surface area (Å²) in [7, 11) is -3.87. The summed E-state index contributed by atoms with van der Waals surface area (Å²) in [6, 6.07) is 10.6. The number of nitro groups is 1. The maximum absolute atomic E-state index is 12.5. The first kappa shape index (κ1) is 17.6. The van der Waals surface area contributed by atoms with Crippen LogP contribution in [0.2, 0.25) is 0 Å². The second kappa shape index (κ2) is 6.77. The van der Waals surface area contributed by atoms with E-state index in [9.17, 15) is 18.5 Å². The van der Waals surface area contributed by atoms with Crippen molar-refractivity contribution in [3.05, 3.63) is 68.2 Å². The Bertz CT molecular complexity index is 835. The summed E-state index contributed by atoms with van der Waals surface area (Å²) < 4.78 is 28.5. The van der Waals surface area contributed by atoms with Gasteiger partial charge in [-0.15, -0.1) is 0 Å². The second-order valence-corrected chi connectivity index (χ2v) is 7.70. The molecular weight excluding hydrogens is 384 g/mol. The number of hydrogen-bond acceptors (Lipinski definition) is 4. The molecule has 0 radical (unpaired) electrons. The first-order valence-electron chi connectivity index (χ1n) is 6.73. The standard InChI is InChI=1S/C15H15BrN2O4S/c1-10-3-8-14(18(19)20)9-15(10)23(21,22)17-11(2)12-4-6-13(16)7-5-12/h3-9,11,17H,1-2H3/t11-/m0/s1. The molecule has 0 saturated heterocycles. The van der Waals surface area contributed by atoms with Gasteiger partial charge in [0.1, 0.15) is 0 Å². The largest absolute Gasteiger partial charge is 0.270 e. The van der Waals surface area contributed by atoms with Crippen molar-refractivity contribution >= 4 is 31.6 Å². The number of halogens is 1. The highest BCUT2D eigenvalue weighted by Gasteiger charge is 2.23. The fourth-order valence-corrected chi connectivity index (χ4v) is 3.87. The predicted octanol–water partition coefficient (Wildman–Crippen LogP) is 3.71. The van der Waals surface area contributed by atoms with E-state index in [-0.39, 0.29) is 10.6 Å². The van der Waals surface area contributed by atoms with Crippen molar-refractivity contribution in [2.45, 2.75) is 24.8 Å². The molecule has 0 aliphatic heterocycles. The molecular formula is C15H15BrN2O4S. The first-order chi connectivity index (χ1) is 10.7. The van der Waals surface area contributed by atoms with Crippen LogP contribution in [0.1, 0.15) is 24.1 Å². The SMILES string of the molecule is Cc1ccc([N+](=O)[O-])cc1S(=O)(=O)N[C@@H](C)c1ccc(Br)cc1. The number of non-ortho nitro benzene ring substituents is 1. The van der Waals surface area contributed by atoms with Crippen LogP contribution in [0.15, 0.2) is 51.8 Å². The monoisotopic (exact) mass is 398 g/mol. The average molecular weight is 399 g/mol. The molecule has 0 amide bonds. The zero-order valence-electron chi connectivity index (χ0n) is 12.5. The molecule has 0 saturated carbocycles. The number of rotatable bonds is 5. The average Bonchev–Trinajstić information content (AvgIpc) is 2.47. The second-order valence-electron chi connectivity index (χ2n) is 5.10. The topological polar surface area (TPSA) is 89.3 Å². The third-order valence-corrected chi connectivity index (χ3v) is 5.59. The highest BCUT2D eigenvalue weighted by molar-refractivity contribution is 9.10. The van der Waals surface area contributed by atoms with Crippen LogP contribution in [-0.4, -0.2) is 13.3 Å². The van der Waals surface area contributed by atoms with Gasteiger partial charge >= 0.3 is 0 Å². The van der Waals surface area contributed by atoms with Gasteiger partial charge in [0, 0.05) is 22.6 Å². The minimum absolute atomic E-state index is 0.0874. The highest BCUT2D eigenvalue weighted by atomic mass is 79.9. The van der Waals surface area contributed by atoms with Crippen molar-refractivity contribution in [2.75, 3.05) is 0 Å². The van der Waals surface area contributed by atoms with E-state index >= 15 is 0 Å². The fourth-order valence-electron chi connectivity index (χ4n) is 2.11. The summed E-state index contributed by atoms with van der Waals surface area (Å²) in [5.74, 6) is 0. The maximum atomic E-state index is 12.5. The smallest absolute Gasteiger partial charge is 0.258 e. The van der Waals surface area contributed by atoms with Gasteiger partial charge in [-0.2, -0.15) is 0 Å². The Hall–Kier alpha value is -1.77. The molecule has 6 nitrogen and oxygen atoms in total. The van der Waals surface area contributed by atoms with Gasteiger partial charge < -0.3 is 0 Å². The minimum Gasteiger partial charge on any atom is -0.258 e. The molecule has 8 heteroatoms. The van der Waals surface area contributed by atoms with Crippen molar-refractivity contribution in [2.24, 2.45) is 0 Å². The van der Waals surface area contributed by atoms with Gasteiger partial charge in [0.25, 0.3) is 5.69 Å². The lowest BCUT2D eigenvalue weighted by Gasteiger charge is -2.16. The summed E-state index contributed by atoms with van der Waals surface area (Å²) in [5.41, 5.74) is 0.984. The van der Waals surface area contributed by atoms with Crippen LogP contribution in [0.25, 0.3) is 0 Å². The lowest BCUT2D eigenvalue weighted by molar-refractivity contribution is -0.385. The summed E-state index contributed by atoms with van der Waals surface area (Å²) in [4.78, 5) is 10.2. The van der Waals surface area contributed by atoms with Gasteiger partial charge in [-0.1, -0.05) is 34.1 Å². The van der Waals surface area contributed by atoms with Gasteiger partial charge in [0.05, 0.1) is 9.82 Å². The Labute approximate surface area is 142 Å². The quantitative estimate of drug-likeness (QED) is 0.613. The van der Waals surface area contributed by atoms with Gasteiger partial charge in [-0.05, 0) is 37.1 Å². The van der Waals surface area contributed by atoms with Crippen LogP contribution in [-0.2, 0) is 10.0 Å². The number of nitrogens with zero attached hydrogens (tertiary/aromatic N) is 1. The highest BCUT2D eigenvalue weighted by Crippen LogP contribution is 2.24. The van der Waals surface area contributed by atoms with Crippen LogP contribution < -0.4 is 4.72 Å². The first-order valence-corrected chi connectivity index (χ1v) is 9.01. The van der Waals surface area contributed by atoms with E-state index in [0.717, 1.165) is 16.1 Å². The van der Waals surface area contributed by atoms with Gasteiger partial charge in [0.2, 0.25) is 10.0 Å². The van der Waals surface area contributed by atoms with Crippen LogP contribution >= 0.6 is 15.9 Å². The number of nitrogens with one attached hydrogen (secondary N) is 1. The van der Waals surface area contributed by atoms with Crippen LogP contribution in [0.3, 0.4) is 0 Å². The third kappa shape index (κ3) is 4.15. The van der Waals surface area contributed by atoms with Gasteiger partial charge in [-0.3, -0.25) is 10.1 Å². The number of sulfonamides is 1. The third-order valence-electron chi connectivity index (χ3n) is 3.37. The Balaban J connectivity index is 2.33. The van der Waals surface area contributed by atoms with Gasteiger partial charge in [-0.25, -0.2) is 13.1 Å². The Morgan fingerprint density at radius 2 is 1.78 bits per heavy atom. The predicted molar refractivity (Wildman–Crippen MR) is 90.7 cm³/mol. The molecule has 2 rings (SSSR count). The van der Waals surface area contributed by atoms with Crippen molar-refractivity contribution in [1.29, 1.82) is 0 Å². The molecule has 0 bridgehead atoms. The van der Waals surface area contributed by atoms with Crippen LogP contribution in [0.4, 0.5) is 5.69 Å². The molecule has 23 heavy (non-hydrogen) atoms. The van der Waals surface area contributed by atoms with E-state index in [0.29, 0.717) is 5.56 Å². The zero-order valence-corrected chi connectivity index (χ0v) is 14.9. The molecule has 0 unspecified atom stereocenters. The van der Waals surface area contributed by atoms with Crippen molar-refractivity contribution < 1.29 is 13.3 Å². The number of benzene rings is 2. The normalized spacial score (nSPS) is 12.8. The Morgan fingerprint density at radius 1 is 1.17 bits per heavy atom. The van der Waals surface area contributed by atoms with Crippen LogP contribution in [0, 0.1) is 17.0 Å². The molecule has 1 atom stereocenters. The zero-order chi connectivity index (χ0) is 17.2. The molecule has 0 aromatic heterocycles. The number of aryl methyl sites for hydroxylation is 1. The molecule has 0 aliphatic carbocycles.